The number of nitrogens with one attached hydrogen (secondary N) is 1. The molecular weight excluding hydrogens is 276 g/mol. The number of aromatic nitrogens is 1. The smallest absolute Gasteiger partial charge is 0.220 e. The van der Waals surface area contributed by atoms with Gasteiger partial charge in [-0.25, -0.2) is 0 Å². The molecule has 0 spiro atoms. The van der Waals surface area contributed by atoms with Gasteiger partial charge in [0.15, 0.2) is 0 Å². The van der Waals surface area contributed by atoms with Crippen LogP contribution in [0, 0.1) is 13.8 Å². The van der Waals surface area contributed by atoms with Crippen molar-refractivity contribution in [2.45, 2.75) is 51.3 Å². The molecule has 2 N–H and O–H groups in total. The van der Waals surface area contributed by atoms with Gasteiger partial charge in [0.1, 0.15) is 5.76 Å². The molecule has 1 aromatic rings. The summed E-state index contributed by atoms with van der Waals surface area (Å²) in [6, 6.07) is -0.0561. The van der Waals surface area contributed by atoms with E-state index in [9.17, 15) is 9.90 Å². The molecule has 1 amide bonds. The van der Waals surface area contributed by atoms with Gasteiger partial charge in [0.25, 0.3) is 0 Å². The fraction of sp³-hybridized carbons (Fsp3) is 0.714. The van der Waals surface area contributed by atoms with Gasteiger partial charge in [0, 0.05) is 23.3 Å². The van der Waals surface area contributed by atoms with Crippen LogP contribution in [-0.4, -0.2) is 40.3 Å². The first-order valence-electron chi connectivity index (χ1n) is 6.76. The molecular formula is C14H24N2O3S. The Morgan fingerprint density at radius 3 is 2.55 bits per heavy atom. The predicted octanol–water partition coefficient (Wildman–Crippen LogP) is 2.01. The summed E-state index contributed by atoms with van der Waals surface area (Å²) in [6.07, 6.45) is 2.32. The quantitative estimate of drug-likeness (QED) is 0.805. The third-order valence-corrected chi connectivity index (χ3v) is 4.66. The zero-order valence-electron chi connectivity index (χ0n) is 12.8. The number of nitrogens with zero attached hydrogens (tertiary/aromatic N) is 1. The largest absolute Gasteiger partial charge is 0.395 e. The third kappa shape index (κ3) is 4.24. The van der Waals surface area contributed by atoms with Crippen molar-refractivity contribution in [1.82, 2.24) is 10.5 Å². The standard InChI is InChI=1S/C14H24N2O3S/c1-8(14-10(3)16-19-11(14)4)6-13(18)15-9(2)12(7-17)20-5/h8-9,12,17H,6-7H2,1-5H3,(H,15,18). The van der Waals surface area contributed by atoms with Crippen LogP contribution in [0.5, 0.6) is 0 Å². The van der Waals surface area contributed by atoms with Gasteiger partial charge in [-0.2, -0.15) is 11.8 Å². The van der Waals surface area contributed by atoms with E-state index >= 15 is 0 Å². The predicted molar refractivity (Wildman–Crippen MR) is 81.0 cm³/mol. The van der Waals surface area contributed by atoms with Crippen molar-refractivity contribution < 1.29 is 14.4 Å². The molecule has 0 saturated heterocycles. The van der Waals surface area contributed by atoms with Crippen molar-refractivity contribution in [2.75, 3.05) is 12.9 Å². The number of rotatable bonds is 7. The van der Waals surface area contributed by atoms with Gasteiger partial charge in [-0.05, 0) is 32.9 Å². The summed E-state index contributed by atoms with van der Waals surface area (Å²) in [4.78, 5) is 12.1. The molecule has 1 heterocycles. The topological polar surface area (TPSA) is 75.4 Å². The Bertz CT molecular complexity index is 424. The summed E-state index contributed by atoms with van der Waals surface area (Å²) in [5, 5.41) is 16.1. The van der Waals surface area contributed by atoms with Crippen molar-refractivity contribution in [3.05, 3.63) is 17.0 Å². The molecule has 1 aromatic heterocycles. The summed E-state index contributed by atoms with van der Waals surface area (Å²) in [6.45, 7) is 7.72. The number of aliphatic hydroxyl groups excluding tert-OH is 1. The number of carbonyl (C=O) groups is 1. The van der Waals surface area contributed by atoms with E-state index < -0.39 is 0 Å². The number of hydrogen-bond acceptors (Lipinski definition) is 5. The van der Waals surface area contributed by atoms with Gasteiger partial charge in [-0.15, -0.1) is 0 Å². The molecule has 5 nitrogen and oxygen atoms in total. The molecule has 20 heavy (non-hydrogen) atoms. The molecule has 0 aromatic carbocycles. The van der Waals surface area contributed by atoms with E-state index in [0.717, 1.165) is 17.0 Å². The molecule has 0 radical (unpaired) electrons. The highest BCUT2D eigenvalue weighted by atomic mass is 32.2. The van der Waals surface area contributed by atoms with Gasteiger partial charge in [-0.3, -0.25) is 4.79 Å². The highest BCUT2D eigenvalue weighted by molar-refractivity contribution is 7.99. The van der Waals surface area contributed by atoms with Crippen LogP contribution in [0.1, 0.15) is 43.2 Å². The van der Waals surface area contributed by atoms with Crippen LogP contribution in [0.2, 0.25) is 0 Å². The Labute approximate surface area is 124 Å². The lowest BCUT2D eigenvalue weighted by Crippen LogP contribution is -2.41. The van der Waals surface area contributed by atoms with Gasteiger partial charge < -0.3 is 14.9 Å². The minimum atomic E-state index is -0.0561. The number of hydrogen-bond donors (Lipinski definition) is 2. The average Bonchev–Trinajstić information content (AvgIpc) is 2.70. The highest BCUT2D eigenvalue weighted by Gasteiger charge is 2.22. The molecule has 114 valence electrons. The first kappa shape index (κ1) is 17.0. The van der Waals surface area contributed by atoms with E-state index in [1.54, 1.807) is 11.8 Å². The molecule has 0 aliphatic rings. The van der Waals surface area contributed by atoms with Crippen molar-refractivity contribution in [3.63, 3.8) is 0 Å². The molecule has 3 unspecified atom stereocenters. The minimum absolute atomic E-state index is 0.0162. The summed E-state index contributed by atoms with van der Waals surface area (Å²) < 4.78 is 5.13. The molecule has 0 bridgehead atoms. The number of thioether (sulfide) groups is 1. The van der Waals surface area contributed by atoms with Crippen LogP contribution in [0.4, 0.5) is 0 Å². The SMILES string of the molecule is CSC(CO)C(C)NC(=O)CC(C)c1c(C)noc1C. The van der Waals surface area contributed by atoms with Gasteiger partial charge in [0.2, 0.25) is 5.91 Å². The Morgan fingerprint density at radius 2 is 2.10 bits per heavy atom. The lowest BCUT2D eigenvalue weighted by Gasteiger charge is -2.22. The number of carbonyl (C=O) groups excluding carboxylic acids is 1. The van der Waals surface area contributed by atoms with E-state index in [0.29, 0.717) is 6.42 Å². The fourth-order valence-corrected chi connectivity index (χ4v) is 3.04. The normalized spacial score (nSPS) is 15.7. The summed E-state index contributed by atoms with van der Waals surface area (Å²) in [5.74, 6) is 0.820. The van der Waals surface area contributed by atoms with Crippen molar-refractivity contribution in [1.29, 1.82) is 0 Å². The zero-order chi connectivity index (χ0) is 15.3. The van der Waals surface area contributed by atoms with Gasteiger partial charge in [-0.1, -0.05) is 12.1 Å². The zero-order valence-corrected chi connectivity index (χ0v) is 13.6. The number of aliphatic hydroxyl groups is 1. The van der Waals surface area contributed by atoms with Crippen molar-refractivity contribution >= 4 is 17.7 Å². The Kier molecular flexibility index (Phi) is 6.55. The third-order valence-electron chi connectivity index (χ3n) is 3.50. The minimum Gasteiger partial charge on any atom is -0.395 e. The van der Waals surface area contributed by atoms with Crippen LogP contribution < -0.4 is 5.32 Å². The molecule has 0 fully saturated rings. The van der Waals surface area contributed by atoms with Gasteiger partial charge >= 0.3 is 0 Å². The Balaban J connectivity index is 2.58. The maximum absolute atomic E-state index is 12.1. The van der Waals surface area contributed by atoms with E-state index in [1.807, 2.05) is 34.0 Å². The average molecular weight is 300 g/mol. The summed E-state index contributed by atoms with van der Waals surface area (Å²) >= 11 is 1.55. The van der Waals surface area contributed by atoms with Crippen LogP contribution >= 0.6 is 11.8 Å². The van der Waals surface area contributed by atoms with Crippen molar-refractivity contribution in [2.24, 2.45) is 0 Å². The Morgan fingerprint density at radius 1 is 1.45 bits per heavy atom. The molecule has 0 aliphatic carbocycles. The fourth-order valence-electron chi connectivity index (χ4n) is 2.42. The van der Waals surface area contributed by atoms with Crippen LogP contribution in [0.3, 0.4) is 0 Å². The maximum atomic E-state index is 12.1. The molecule has 0 aliphatic heterocycles. The van der Waals surface area contributed by atoms with Crippen LogP contribution in [-0.2, 0) is 4.79 Å². The second-order valence-electron chi connectivity index (χ2n) is 5.16. The highest BCUT2D eigenvalue weighted by Crippen LogP contribution is 2.25. The first-order valence-corrected chi connectivity index (χ1v) is 8.05. The molecule has 3 atom stereocenters. The van der Waals surface area contributed by atoms with Crippen molar-refractivity contribution in [3.8, 4) is 0 Å². The van der Waals surface area contributed by atoms with Gasteiger partial charge in [0.05, 0.1) is 12.3 Å². The lowest BCUT2D eigenvalue weighted by atomic mass is 9.96. The first-order chi connectivity index (χ1) is 9.40. The van der Waals surface area contributed by atoms with Crippen LogP contribution in [0.25, 0.3) is 0 Å². The second-order valence-corrected chi connectivity index (χ2v) is 6.23. The second kappa shape index (κ2) is 7.69. The molecule has 1 rings (SSSR count). The number of aryl methyl sites for hydroxylation is 2. The van der Waals surface area contributed by atoms with E-state index in [2.05, 4.69) is 10.5 Å². The van der Waals surface area contributed by atoms with E-state index in [4.69, 9.17) is 4.52 Å². The molecule has 0 saturated carbocycles. The van der Waals surface area contributed by atoms with E-state index in [-0.39, 0.29) is 29.7 Å². The monoisotopic (exact) mass is 300 g/mol. The number of amides is 1. The van der Waals surface area contributed by atoms with E-state index in [1.165, 1.54) is 0 Å². The maximum Gasteiger partial charge on any atom is 0.220 e. The summed E-state index contributed by atoms with van der Waals surface area (Å²) in [7, 11) is 0. The van der Waals surface area contributed by atoms with Crippen LogP contribution in [0.15, 0.2) is 4.52 Å². The molecule has 6 heteroatoms. The lowest BCUT2D eigenvalue weighted by molar-refractivity contribution is -0.122. The summed E-state index contributed by atoms with van der Waals surface area (Å²) in [5.41, 5.74) is 1.85. The Hall–Kier alpha value is -1.01.